The molecule has 0 aromatic heterocycles. The van der Waals surface area contributed by atoms with Crippen LogP contribution in [-0.4, -0.2) is 26.3 Å². The lowest BCUT2D eigenvalue weighted by Crippen LogP contribution is -2.31. The number of carbonyl (C=O) groups is 1. The van der Waals surface area contributed by atoms with E-state index in [2.05, 4.69) is 10.6 Å². The zero-order valence-electron chi connectivity index (χ0n) is 9.96. The molecular weight excluding hydrogens is 204 g/mol. The zero-order chi connectivity index (χ0) is 12.0. The van der Waals surface area contributed by atoms with Crippen molar-refractivity contribution in [3.05, 3.63) is 29.3 Å². The average molecular weight is 222 g/mol. The van der Waals surface area contributed by atoms with Crippen molar-refractivity contribution >= 4 is 11.7 Å². The second-order valence-corrected chi connectivity index (χ2v) is 3.69. The Hall–Kier alpha value is -1.55. The summed E-state index contributed by atoms with van der Waals surface area (Å²) in [5.41, 5.74) is 3.07. The summed E-state index contributed by atoms with van der Waals surface area (Å²) in [6, 6.07) is 5.70. The topological polar surface area (TPSA) is 50.4 Å². The molecule has 0 aliphatic heterocycles. The number of hydrogen-bond acceptors (Lipinski definition) is 2. The van der Waals surface area contributed by atoms with E-state index in [1.807, 2.05) is 32.0 Å². The third kappa shape index (κ3) is 3.90. The summed E-state index contributed by atoms with van der Waals surface area (Å²) in [6.07, 6.45) is 0. The summed E-state index contributed by atoms with van der Waals surface area (Å²) in [5.74, 6) is 0. The lowest BCUT2D eigenvalue weighted by atomic mass is 10.1. The molecule has 0 radical (unpaired) electrons. The Bertz CT molecular complexity index is 364. The fourth-order valence-corrected chi connectivity index (χ4v) is 1.39. The van der Waals surface area contributed by atoms with Crippen LogP contribution in [0.15, 0.2) is 18.2 Å². The number of anilines is 1. The van der Waals surface area contributed by atoms with Crippen LogP contribution in [0.4, 0.5) is 10.5 Å². The van der Waals surface area contributed by atoms with Crippen LogP contribution in [0.25, 0.3) is 0 Å². The molecule has 2 amide bonds. The molecule has 0 heterocycles. The van der Waals surface area contributed by atoms with Crippen LogP contribution in [0, 0.1) is 13.8 Å². The third-order valence-corrected chi connectivity index (χ3v) is 2.22. The van der Waals surface area contributed by atoms with Gasteiger partial charge in [0, 0.05) is 19.3 Å². The van der Waals surface area contributed by atoms with Crippen LogP contribution < -0.4 is 10.6 Å². The molecule has 0 aliphatic carbocycles. The summed E-state index contributed by atoms with van der Waals surface area (Å²) in [4.78, 5) is 11.4. The minimum Gasteiger partial charge on any atom is -0.383 e. The highest BCUT2D eigenvalue weighted by Crippen LogP contribution is 2.15. The van der Waals surface area contributed by atoms with Gasteiger partial charge in [-0.15, -0.1) is 0 Å². The Morgan fingerprint density at radius 2 is 2.12 bits per heavy atom. The lowest BCUT2D eigenvalue weighted by molar-refractivity contribution is 0.198. The third-order valence-electron chi connectivity index (χ3n) is 2.22. The van der Waals surface area contributed by atoms with E-state index < -0.39 is 0 Å². The van der Waals surface area contributed by atoms with E-state index in [0.29, 0.717) is 13.2 Å². The quantitative estimate of drug-likeness (QED) is 0.766. The van der Waals surface area contributed by atoms with Crippen LogP contribution in [0.1, 0.15) is 11.1 Å². The molecule has 1 aromatic rings. The SMILES string of the molecule is COCCNC(=O)Nc1ccc(C)cc1C. The Labute approximate surface area is 96.0 Å². The maximum absolute atomic E-state index is 11.4. The van der Waals surface area contributed by atoms with Gasteiger partial charge in [-0.05, 0) is 25.5 Å². The first-order valence-electron chi connectivity index (χ1n) is 5.24. The van der Waals surface area contributed by atoms with Gasteiger partial charge >= 0.3 is 6.03 Å². The van der Waals surface area contributed by atoms with E-state index in [-0.39, 0.29) is 6.03 Å². The van der Waals surface area contributed by atoms with Gasteiger partial charge in [-0.3, -0.25) is 0 Å². The molecule has 0 unspecified atom stereocenters. The van der Waals surface area contributed by atoms with Gasteiger partial charge in [-0.1, -0.05) is 17.7 Å². The van der Waals surface area contributed by atoms with Gasteiger partial charge in [0.1, 0.15) is 0 Å². The minimum atomic E-state index is -0.205. The van der Waals surface area contributed by atoms with Gasteiger partial charge < -0.3 is 15.4 Å². The predicted octanol–water partition coefficient (Wildman–Crippen LogP) is 2.07. The Morgan fingerprint density at radius 1 is 1.38 bits per heavy atom. The zero-order valence-corrected chi connectivity index (χ0v) is 9.96. The van der Waals surface area contributed by atoms with Gasteiger partial charge in [-0.25, -0.2) is 4.79 Å². The van der Waals surface area contributed by atoms with Crippen LogP contribution in [0.2, 0.25) is 0 Å². The molecule has 0 bridgehead atoms. The van der Waals surface area contributed by atoms with Crippen LogP contribution in [0.5, 0.6) is 0 Å². The molecule has 0 fully saturated rings. The summed E-state index contributed by atoms with van der Waals surface area (Å²) in [6.45, 7) is 5.01. The second-order valence-electron chi connectivity index (χ2n) is 3.69. The molecule has 88 valence electrons. The second kappa shape index (κ2) is 6.12. The van der Waals surface area contributed by atoms with Crippen molar-refractivity contribution < 1.29 is 9.53 Å². The Balaban J connectivity index is 2.49. The monoisotopic (exact) mass is 222 g/mol. The molecule has 4 heteroatoms. The molecule has 1 rings (SSSR count). The number of benzene rings is 1. The van der Waals surface area contributed by atoms with Crippen LogP contribution in [0.3, 0.4) is 0 Å². The highest BCUT2D eigenvalue weighted by molar-refractivity contribution is 5.90. The van der Waals surface area contributed by atoms with Crippen molar-refractivity contribution in [2.45, 2.75) is 13.8 Å². The Kier molecular flexibility index (Phi) is 4.79. The van der Waals surface area contributed by atoms with Gasteiger partial charge in [-0.2, -0.15) is 0 Å². The summed E-state index contributed by atoms with van der Waals surface area (Å²) < 4.78 is 4.84. The summed E-state index contributed by atoms with van der Waals surface area (Å²) >= 11 is 0. The van der Waals surface area contributed by atoms with E-state index in [1.165, 1.54) is 5.56 Å². The van der Waals surface area contributed by atoms with Crippen molar-refractivity contribution in [1.82, 2.24) is 5.32 Å². The summed E-state index contributed by atoms with van der Waals surface area (Å²) in [5, 5.41) is 5.49. The standard InChI is InChI=1S/C12H18N2O2/c1-9-4-5-11(10(2)8-9)14-12(15)13-6-7-16-3/h4-5,8H,6-7H2,1-3H3,(H2,13,14,15). The number of urea groups is 1. The molecule has 4 nitrogen and oxygen atoms in total. The van der Waals surface area contributed by atoms with E-state index in [1.54, 1.807) is 7.11 Å². The molecule has 0 spiro atoms. The number of amides is 2. The molecule has 0 atom stereocenters. The van der Waals surface area contributed by atoms with Crippen molar-refractivity contribution in [2.75, 3.05) is 25.6 Å². The van der Waals surface area contributed by atoms with Crippen molar-refractivity contribution in [3.63, 3.8) is 0 Å². The lowest BCUT2D eigenvalue weighted by Gasteiger charge is -2.10. The number of nitrogens with one attached hydrogen (secondary N) is 2. The van der Waals surface area contributed by atoms with Crippen molar-refractivity contribution in [3.8, 4) is 0 Å². The van der Waals surface area contributed by atoms with Gasteiger partial charge in [0.15, 0.2) is 0 Å². The van der Waals surface area contributed by atoms with Gasteiger partial charge in [0.05, 0.1) is 6.61 Å². The first-order valence-corrected chi connectivity index (χ1v) is 5.24. The average Bonchev–Trinajstić information content (AvgIpc) is 2.23. The van der Waals surface area contributed by atoms with Gasteiger partial charge in [0.2, 0.25) is 0 Å². The highest BCUT2D eigenvalue weighted by Gasteiger charge is 2.03. The molecule has 0 saturated carbocycles. The minimum absolute atomic E-state index is 0.205. The molecule has 16 heavy (non-hydrogen) atoms. The molecule has 2 N–H and O–H groups in total. The Morgan fingerprint density at radius 3 is 2.75 bits per heavy atom. The normalized spacial score (nSPS) is 9.94. The number of rotatable bonds is 4. The number of hydrogen-bond donors (Lipinski definition) is 2. The molecule has 0 aliphatic rings. The first-order chi connectivity index (χ1) is 7.63. The number of methoxy groups -OCH3 is 1. The first kappa shape index (κ1) is 12.5. The molecule has 1 aromatic carbocycles. The largest absolute Gasteiger partial charge is 0.383 e. The highest BCUT2D eigenvalue weighted by atomic mass is 16.5. The van der Waals surface area contributed by atoms with E-state index >= 15 is 0 Å². The van der Waals surface area contributed by atoms with E-state index in [4.69, 9.17) is 4.74 Å². The number of ether oxygens (including phenoxy) is 1. The van der Waals surface area contributed by atoms with E-state index in [9.17, 15) is 4.79 Å². The predicted molar refractivity (Wildman–Crippen MR) is 64.8 cm³/mol. The summed E-state index contributed by atoms with van der Waals surface area (Å²) in [7, 11) is 1.60. The fourth-order valence-electron chi connectivity index (χ4n) is 1.39. The smallest absolute Gasteiger partial charge is 0.319 e. The fraction of sp³-hybridized carbons (Fsp3) is 0.417. The number of aryl methyl sites for hydroxylation is 2. The number of carbonyl (C=O) groups excluding carboxylic acids is 1. The maximum Gasteiger partial charge on any atom is 0.319 e. The van der Waals surface area contributed by atoms with Crippen molar-refractivity contribution in [2.24, 2.45) is 0 Å². The van der Waals surface area contributed by atoms with Crippen molar-refractivity contribution in [1.29, 1.82) is 0 Å². The van der Waals surface area contributed by atoms with Gasteiger partial charge in [0.25, 0.3) is 0 Å². The van der Waals surface area contributed by atoms with Crippen LogP contribution in [-0.2, 0) is 4.74 Å². The molecule has 0 saturated heterocycles. The molecular formula is C12H18N2O2. The van der Waals surface area contributed by atoms with E-state index in [0.717, 1.165) is 11.3 Å². The van der Waals surface area contributed by atoms with Crippen LogP contribution >= 0.6 is 0 Å². The maximum atomic E-state index is 11.4.